The molecule has 0 aliphatic heterocycles. The third-order valence-electron chi connectivity index (χ3n) is 3.34. The van der Waals surface area contributed by atoms with Gasteiger partial charge in [0.25, 0.3) is 0 Å². The molecule has 1 aromatic rings. The average molecular weight is 248 g/mol. The van der Waals surface area contributed by atoms with Crippen molar-refractivity contribution in [3.8, 4) is 0 Å². The molecule has 2 heteroatoms. The minimum atomic E-state index is 0.250. The number of hydrogen-bond acceptors (Lipinski definition) is 2. The number of rotatable bonds is 8. The Morgan fingerprint density at radius 3 is 2.28 bits per heavy atom. The lowest BCUT2D eigenvalue weighted by Gasteiger charge is -2.25. The number of nitrogens with one attached hydrogen (secondary N) is 2. The maximum absolute atomic E-state index is 3.50. The molecule has 0 aromatic heterocycles. The van der Waals surface area contributed by atoms with Gasteiger partial charge in [-0.25, -0.2) is 0 Å². The summed E-state index contributed by atoms with van der Waals surface area (Å²) in [5.41, 5.74) is 1.67. The fourth-order valence-electron chi connectivity index (χ4n) is 2.01. The van der Waals surface area contributed by atoms with Crippen LogP contribution in [0.4, 0.5) is 0 Å². The van der Waals surface area contributed by atoms with E-state index in [2.05, 4.69) is 68.7 Å². The molecule has 0 spiro atoms. The molecule has 0 amide bonds. The van der Waals surface area contributed by atoms with E-state index >= 15 is 0 Å². The Hall–Kier alpha value is -0.860. The normalized spacial score (nSPS) is 12.1. The van der Waals surface area contributed by atoms with Crippen LogP contribution in [0.15, 0.2) is 30.3 Å². The second kappa shape index (κ2) is 7.55. The van der Waals surface area contributed by atoms with E-state index in [9.17, 15) is 0 Å². The summed E-state index contributed by atoms with van der Waals surface area (Å²) in [5, 5.41) is 6.92. The van der Waals surface area contributed by atoms with Crippen LogP contribution in [-0.2, 0) is 5.41 Å². The van der Waals surface area contributed by atoms with Crippen molar-refractivity contribution in [3.63, 3.8) is 0 Å². The van der Waals surface area contributed by atoms with Crippen LogP contribution in [0.5, 0.6) is 0 Å². The molecule has 0 radical (unpaired) electrons. The molecule has 0 aliphatic rings. The lowest BCUT2D eigenvalue weighted by atomic mass is 9.81. The minimum absolute atomic E-state index is 0.250. The van der Waals surface area contributed by atoms with Gasteiger partial charge in [0.2, 0.25) is 0 Å². The molecule has 0 saturated carbocycles. The molecule has 0 aliphatic carbocycles. The molecule has 2 nitrogen and oxygen atoms in total. The largest absolute Gasteiger partial charge is 0.315 e. The highest BCUT2D eigenvalue weighted by Crippen LogP contribution is 2.25. The third-order valence-corrected chi connectivity index (χ3v) is 3.34. The van der Waals surface area contributed by atoms with Crippen LogP contribution in [0.3, 0.4) is 0 Å². The molecule has 0 bridgehead atoms. The monoisotopic (exact) mass is 248 g/mol. The highest BCUT2D eigenvalue weighted by atomic mass is 15.0. The molecule has 102 valence electrons. The maximum atomic E-state index is 3.50. The van der Waals surface area contributed by atoms with Crippen molar-refractivity contribution < 1.29 is 0 Å². The standard InChI is InChI=1S/C16H28N2/c1-14(2)18-13-12-17-11-10-16(3,4)15-8-6-5-7-9-15/h5-9,14,17-18H,10-13H2,1-4H3. The highest BCUT2D eigenvalue weighted by molar-refractivity contribution is 5.23. The van der Waals surface area contributed by atoms with Crippen molar-refractivity contribution >= 4 is 0 Å². The summed E-state index contributed by atoms with van der Waals surface area (Å²) < 4.78 is 0. The second-order valence-electron chi connectivity index (χ2n) is 5.86. The van der Waals surface area contributed by atoms with Crippen LogP contribution in [0, 0.1) is 0 Å². The topological polar surface area (TPSA) is 24.1 Å². The fraction of sp³-hybridized carbons (Fsp3) is 0.625. The first-order chi connectivity index (χ1) is 8.52. The second-order valence-corrected chi connectivity index (χ2v) is 5.86. The van der Waals surface area contributed by atoms with Gasteiger partial charge in [0.15, 0.2) is 0 Å². The van der Waals surface area contributed by atoms with E-state index in [4.69, 9.17) is 0 Å². The van der Waals surface area contributed by atoms with Gasteiger partial charge < -0.3 is 10.6 Å². The molecule has 2 N–H and O–H groups in total. The Balaban J connectivity index is 2.22. The quantitative estimate of drug-likeness (QED) is 0.691. The average Bonchev–Trinajstić information content (AvgIpc) is 2.34. The molecule has 18 heavy (non-hydrogen) atoms. The van der Waals surface area contributed by atoms with Crippen molar-refractivity contribution in [1.29, 1.82) is 0 Å². The lowest BCUT2D eigenvalue weighted by Crippen LogP contribution is -2.33. The zero-order chi connectivity index (χ0) is 13.4. The van der Waals surface area contributed by atoms with Gasteiger partial charge >= 0.3 is 0 Å². The zero-order valence-corrected chi connectivity index (χ0v) is 12.3. The summed E-state index contributed by atoms with van der Waals surface area (Å²) in [6.07, 6.45) is 1.17. The molecule has 0 saturated heterocycles. The van der Waals surface area contributed by atoms with Crippen molar-refractivity contribution in [1.82, 2.24) is 10.6 Å². The van der Waals surface area contributed by atoms with Crippen molar-refractivity contribution in [2.75, 3.05) is 19.6 Å². The van der Waals surface area contributed by atoms with Gasteiger partial charge in [0, 0.05) is 19.1 Å². The summed E-state index contributed by atoms with van der Waals surface area (Å²) in [5.74, 6) is 0. The number of benzene rings is 1. The summed E-state index contributed by atoms with van der Waals surface area (Å²) in [4.78, 5) is 0. The maximum Gasteiger partial charge on any atom is 0.00790 e. The smallest absolute Gasteiger partial charge is 0.00790 e. The van der Waals surface area contributed by atoms with E-state index in [0.717, 1.165) is 19.6 Å². The first-order valence-electron chi connectivity index (χ1n) is 7.02. The van der Waals surface area contributed by atoms with E-state index in [0.29, 0.717) is 6.04 Å². The summed E-state index contributed by atoms with van der Waals surface area (Å²) in [6, 6.07) is 11.3. The van der Waals surface area contributed by atoms with Crippen LogP contribution in [0.2, 0.25) is 0 Å². The van der Waals surface area contributed by atoms with E-state index < -0.39 is 0 Å². The highest BCUT2D eigenvalue weighted by Gasteiger charge is 2.19. The van der Waals surface area contributed by atoms with Gasteiger partial charge in [-0.2, -0.15) is 0 Å². The van der Waals surface area contributed by atoms with Gasteiger partial charge in [0.05, 0.1) is 0 Å². The molecular weight excluding hydrogens is 220 g/mol. The van der Waals surface area contributed by atoms with Crippen LogP contribution < -0.4 is 10.6 Å². The van der Waals surface area contributed by atoms with Crippen LogP contribution in [0.1, 0.15) is 39.7 Å². The Labute approximate surface area is 112 Å². The van der Waals surface area contributed by atoms with Crippen molar-refractivity contribution in [2.24, 2.45) is 0 Å². The number of hydrogen-bond donors (Lipinski definition) is 2. The molecule has 1 aromatic carbocycles. The van der Waals surface area contributed by atoms with Gasteiger partial charge in [-0.1, -0.05) is 58.0 Å². The minimum Gasteiger partial charge on any atom is -0.315 e. The summed E-state index contributed by atoms with van der Waals surface area (Å²) in [7, 11) is 0. The van der Waals surface area contributed by atoms with Gasteiger partial charge in [-0.3, -0.25) is 0 Å². The summed E-state index contributed by atoms with van der Waals surface area (Å²) in [6.45, 7) is 12.2. The molecule has 0 unspecified atom stereocenters. The van der Waals surface area contributed by atoms with Crippen LogP contribution in [-0.4, -0.2) is 25.7 Å². The summed E-state index contributed by atoms with van der Waals surface area (Å²) >= 11 is 0. The Morgan fingerprint density at radius 2 is 1.67 bits per heavy atom. The lowest BCUT2D eigenvalue weighted by molar-refractivity contribution is 0.452. The van der Waals surface area contributed by atoms with Crippen LogP contribution >= 0.6 is 0 Å². The van der Waals surface area contributed by atoms with E-state index in [-0.39, 0.29) is 5.41 Å². The van der Waals surface area contributed by atoms with E-state index in [1.165, 1.54) is 12.0 Å². The van der Waals surface area contributed by atoms with Gasteiger partial charge in [-0.05, 0) is 23.9 Å². The zero-order valence-electron chi connectivity index (χ0n) is 12.3. The first-order valence-corrected chi connectivity index (χ1v) is 7.02. The molecular formula is C16H28N2. The van der Waals surface area contributed by atoms with Crippen LogP contribution in [0.25, 0.3) is 0 Å². The first kappa shape index (κ1) is 15.2. The van der Waals surface area contributed by atoms with Gasteiger partial charge in [0.1, 0.15) is 0 Å². The van der Waals surface area contributed by atoms with E-state index in [1.54, 1.807) is 0 Å². The Morgan fingerprint density at radius 1 is 1.00 bits per heavy atom. The molecule has 1 rings (SSSR count). The molecule has 0 fully saturated rings. The van der Waals surface area contributed by atoms with Gasteiger partial charge in [-0.15, -0.1) is 0 Å². The van der Waals surface area contributed by atoms with Crippen molar-refractivity contribution in [3.05, 3.63) is 35.9 Å². The predicted octanol–water partition coefficient (Wildman–Crippen LogP) is 2.94. The Bertz CT molecular complexity index is 317. The van der Waals surface area contributed by atoms with E-state index in [1.807, 2.05) is 0 Å². The Kier molecular flexibility index (Phi) is 6.37. The fourth-order valence-corrected chi connectivity index (χ4v) is 2.01. The predicted molar refractivity (Wildman–Crippen MR) is 80.1 cm³/mol. The SMILES string of the molecule is CC(C)NCCNCCC(C)(C)c1ccccc1. The molecule has 0 atom stereocenters. The third kappa shape index (κ3) is 5.65. The van der Waals surface area contributed by atoms with Crippen molar-refractivity contribution in [2.45, 2.75) is 45.6 Å². The molecule has 0 heterocycles.